The SMILES string of the molecule is Nc1cc(Br)cc(Cl)c1OCCOc1ccccc1. The van der Waals surface area contributed by atoms with Gasteiger partial charge in [0.1, 0.15) is 19.0 Å². The summed E-state index contributed by atoms with van der Waals surface area (Å²) in [5.41, 5.74) is 6.33. The van der Waals surface area contributed by atoms with E-state index in [0.29, 0.717) is 29.7 Å². The van der Waals surface area contributed by atoms with Gasteiger partial charge in [0.05, 0.1) is 10.7 Å². The molecule has 0 aliphatic carbocycles. The summed E-state index contributed by atoms with van der Waals surface area (Å²) in [6.45, 7) is 0.802. The van der Waals surface area contributed by atoms with Crippen molar-refractivity contribution in [2.24, 2.45) is 0 Å². The van der Waals surface area contributed by atoms with Gasteiger partial charge in [-0.3, -0.25) is 0 Å². The van der Waals surface area contributed by atoms with Gasteiger partial charge in [-0.1, -0.05) is 45.7 Å². The van der Waals surface area contributed by atoms with E-state index in [0.717, 1.165) is 10.2 Å². The van der Waals surface area contributed by atoms with Gasteiger partial charge in [0.25, 0.3) is 0 Å². The highest BCUT2D eigenvalue weighted by Crippen LogP contribution is 2.34. The zero-order chi connectivity index (χ0) is 13.7. The van der Waals surface area contributed by atoms with E-state index in [9.17, 15) is 0 Å². The maximum absolute atomic E-state index is 6.05. The summed E-state index contributed by atoms with van der Waals surface area (Å²) in [5, 5.41) is 0.478. The van der Waals surface area contributed by atoms with Crippen LogP contribution in [0.15, 0.2) is 46.9 Å². The Balaban J connectivity index is 1.86. The van der Waals surface area contributed by atoms with Gasteiger partial charge in [-0.2, -0.15) is 0 Å². The summed E-state index contributed by atoms with van der Waals surface area (Å²) in [5.74, 6) is 1.29. The molecular formula is C14H13BrClNO2. The Kier molecular flexibility index (Phi) is 4.93. The Labute approximate surface area is 125 Å². The van der Waals surface area contributed by atoms with E-state index >= 15 is 0 Å². The first kappa shape index (κ1) is 14.0. The molecule has 0 saturated carbocycles. The standard InChI is InChI=1S/C14H13BrClNO2/c15-10-8-12(16)14(13(17)9-10)19-7-6-18-11-4-2-1-3-5-11/h1-5,8-9H,6-7,17H2. The zero-order valence-corrected chi connectivity index (χ0v) is 12.4. The number of benzene rings is 2. The third-order valence-corrected chi connectivity index (χ3v) is 3.12. The maximum atomic E-state index is 6.05. The van der Waals surface area contributed by atoms with Gasteiger partial charge in [-0.25, -0.2) is 0 Å². The molecule has 0 radical (unpaired) electrons. The number of halogens is 2. The second-order valence-electron chi connectivity index (χ2n) is 3.82. The Morgan fingerprint density at radius 1 is 1.05 bits per heavy atom. The number of ether oxygens (including phenoxy) is 2. The topological polar surface area (TPSA) is 44.5 Å². The van der Waals surface area contributed by atoms with E-state index in [1.54, 1.807) is 12.1 Å². The zero-order valence-electron chi connectivity index (χ0n) is 10.1. The second-order valence-corrected chi connectivity index (χ2v) is 5.14. The lowest BCUT2D eigenvalue weighted by atomic mass is 10.3. The van der Waals surface area contributed by atoms with Gasteiger partial charge >= 0.3 is 0 Å². The van der Waals surface area contributed by atoms with Gasteiger partial charge in [0.15, 0.2) is 5.75 Å². The highest BCUT2D eigenvalue weighted by molar-refractivity contribution is 9.10. The van der Waals surface area contributed by atoms with Crippen LogP contribution in [-0.4, -0.2) is 13.2 Å². The molecule has 0 fully saturated rings. The minimum absolute atomic E-state index is 0.375. The van der Waals surface area contributed by atoms with Crippen molar-refractivity contribution in [2.45, 2.75) is 0 Å². The Bertz CT molecular complexity index is 525. The molecule has 0 heterocycles. The molecule has 3 nitrogen and oxygen atoms in total. The van der Waals surface area contributed by atoms with E-state index in [1.807, 2.05) is 30.3 Å². The van der Waals surface area contributed by atoms with Crippen LogP contribution in [0.4, 0.5) is 5.69 Å². The fourth-order valence-corrected chi connectivity index (χ4v) is 2.44. The smallest absolute Gasteiger partial charge is 0.161 e. The van der Waals surface area contributed by atoms with Crippen molar-refractivity contribution in [2.75, 3.05) is 18.9 Å². The van der Waals surface area contributed by atoms with Crippen LogP contribution < -0.4 is 15.2 Å². The minimum Gasteiger partial charge on any atom is -0.490 e. The third kappa shape index (κ3) is 4.04. The molecule has 0 amide bonds. The summed E-state index contributed by atoms with van der Waals surface area (Å²) in [7, 11) is 0. The average Bonchev–Trinajstić information content (AvgIpc) is 2.38. The number of rotatable bonds is 5. The van der Waals surface area contributed by atoms with E-state index in [-0.39, 0.29) is 0 Å². The first-order chi connectivity index (χ1) is 9.16. The number of nitrogen functional groups attached to an aromatic ring is 1. The predicted octanol–water partition coefficient (Wildman–Crippen LogP) is 4.14. The van der Waals surface area contributed by atoms with Crippen molar-refractivity contribution in [1.29, 1.82) is 0 Å². The summed E-state index contributed by atoms with van der Waals surface area (Å²) in [4.78, 5) is 0. The molecule has 5 heteroatoms. The number of anilines is 1. The van der Waals surface area contributed by atoms with Crippen molar-refractivity contribution < 1.29 is 9.47 Å². The lowest BCUT2D eigenvalue weighted by molar-refractivity contribution is 0.218. The molecule has 0 bridgehead atoms. The highest BCUT2D eigenvalue weighted by Gasteiger charge is 2.07. The number of nitrogens with two attached hydrogens (primary N) is 1. The molecule has 100 valence electrons. The van der Waals surface area contributed by atoms with Crippen LogP contribution in [0.1, 0.15) is 0 Å². The maximum Gasteiger partial charge on any atom is 0.161 e. The van der Waals surface area contributed by atoms with Crippen molar-refractivity contribution in [3.8, 4) is 11.5 Å². The number of hydrogen-bond acceptors (Lipinski definition) is 3. The number of para-hydroxylation sites is 1. The summed E-state index contributed by atoms with van der Waals surface area (Å²) >= 11 is 9.37. The minimum atomic E-state index is 0.375. The van der Waals surface area contributed by atoms with Crippen molar-refractivity contribution in [3.05, 3.63) is 52.0 Å². The molecule has 0 aliphatic heterocycles. The molecule has 2 aromatic carbocycles. The molecule has 0 spiro atoms. The van der Waals surface area contributed by atoms with E-state index < -0.39 is 0 Å². The molecule has 2 rings (SSSR count). The lowest BCUT2D eigenvalue weighted by Crippen LogP contribution is -2.10. The molecule has 2 aromatic rings. The van der Waals surface area contributed by atoms with E-state index in [1.165, 1.54) is 0 Å². The van der Waals surface area contributed by atoms with Crippen LogP contribution in [-0.2, 0) is 0 Å². The summed E-state index contributed by atoms with van der Waals surface area (Å²) < 4.78 is 11.9. The van der Waals surface area contributed by atoms with E-state index in [2.05, 4.69) is 15.9 Å². The fraction of sp³-hybridized carbons (Fsp3) is 0.143. The lowest BCUT2D eigenvalue weighted by Gasteiger charge is -2.12. The van der Waals surface area contributed by atoms with Crippen LogP contribution >= 0.6 is 27.5 Å². The molecule has 19 heavy (non-hydrogen) atoms. The Morgan fingerprint density at radius 3 is 2.42 bits per heavy atom. The van der Waals surface area contributed by atoms with Crippen LogP contribution in [0.25, 0.3) is 0 Å². The monoisotopic (exact) mass is 341 g/mol. The molecule has 0 atom stereocenters. The largest absolute Gasteiger partial charge is 0.490 e. The van der Waals surface area contributed by atoms with Gasteiger partial charge in [0.2, 0.25) is 0 Å². The molecular weight excluding hydrogens is 330 g/mol. The van der Waals surface area contributed by atoms with Crippen LogP contribution in [0.3, 0.4) is 0 Å². The molecule has 0 aromatic heterocycles. The fourth-order valence-electron chi connectivity index (χ4n) is 1.55. The first-order valence-corrected chi connectivity index (χ1v) is 6.89. The Hall–Kier alpha value is -1.39. The molecule has 2 N–H and O–H groups in total. The quantitative estimate of drug-likeness (QED) is 0.656. The molecule has 0 unspecified atom stereocenters. The third-order valence-electron chi connectivity index (χ3n) is 2.38. The summed E-state index contributed by atoms with van der Waals surface area (Å²) in [6, 6.07) is 13.0. The normalized spacial score (nSPS) is 10.2. The Morgan fingerprint density at radius 2 is 1.74 bits per heavy atom. The van der Waals surface area contributed by atoms with E-state index in [4.69, 9.17) is 26.8 Å². The van der Waals surface area contributed by atoms with Crippen LogP contribution in [0, 0.1) is 0 Å². The molecule has 0 saturated heterocycles. The second kappa shape index (κ2) is 6.68. The van der Waals surface area contributed by atoms with Gasteiger partial charge < -0.3 is 15.2 Å². The highest BCUT2D eigenvalue weighted by atomic mass is 79.9. The predicted molar refractivity (Wildman–Crippen MR) is 81.0 cm³/mol. The van der Waals surface area contributed by atoms with Gasteiger partial charge in [-0.15, -0.1) is 0 Å². The van der Waals surface area contributed by atoms with Crippen molar-refractivity contribution in [1.82, 2.24) is 0 Å². The number of hydrogen-bond donors (Lipinski definition) is 1. The van der Waals surface area contributed by atoms with Gasteiger partial charge in [-0.05, 0) is 24.3 Å². The average molecular weight is 343 g/mol. The summed E-state index contributed by atoms with van der Waals surface area (Å²) in [6.07, 6.45) is 0. The van der Waals surface area contributed by atoms with Crippen LogP contribution in [0.5, 0.6) is 11.5 Å². The van der Waals surface area contributed by atoms with Crippen LogP contribution in [0.2, 0.25) is 5.02 Å². The molecule has 0 aliphatic rings. The van der Waals surface area contributed by atoms with Crippen molar-refractivity contribution >= 4 is 33.2 Å². The van der Waals surface area contributed by atoms with Gasteiger partial charge in [0, 0.05) is 4.47 Å². The van der Waals surface area contributed by atoms with Crippen molar-refractivity contribution in [3.63, 3.8) is 0 Å². The first-order valence-electron chi connectivity index (χ1n) is 5.72.